The molecule has 2 saturated carbocycles. The fourth-order valence-corrected chi connectivity index (χ4v) is 20.5. The zero-order valence-electron chi connectivity index (χ0n) is 18.9. The summed E-state index contributed by atoms with van der Waals surface area (Å²) < 4.78 is 0. The minimum absolute atomic E-state index is 0. The molecule has 0 atom stereocenters. The number of hydrogen-bond acceptors (Lipinski definition) is 0. The average Bonchev–Trinajstić information content (AvgIpc) is 2.80. The van der Waals surface area contributed by atoms with Crippen LogP contribution in [0.1, 0.15) is 91.9 Å². The predicted molar refractivity (Wildman–Crippen MR) is 132 cm³/mol. The van der Waals surface area contributed by atoms with Gasteiger partial charge in [0.05, 0.1) is 7.74 Å². The molecule has 2 fully saturated rings. The third kappa shape index (κ3) is 5.93. The molecule has 0 nitrogen and oxygen atoms in total. The molecule has 3 aliphatic carbocycles. The van der Waals surface area contributed by atoms with E-state index in [2.05, 4.69) is 46.9 Å². The molecule has 0 amide bonds. The van der Waals surface area contributed by atoms with Gasteiger partial charge in [0.2, 0.25) is 0 Å². The van der Waals surface area contributed by atoms with Crippen LogP contribution in [0.25, 0.3) is 0 Å². The second-order valence-corrected chi connectivity index (χ2v) is 20.7. The van der Waals surface area contributed by atoms with Gasteiger partial charge in [-0.25, -0.2) is 10.8 Å². The van der Waals surface area contributed by atoms with Gasteiger partial charge in [-0.15, -0.1) is 39.2 Å². The number of rotatable bonds is 4. The third-order valence-corrected chi connectivity index (χ3v) is 19.9. The van der Waals surface area contributed by atoms with Crippen LogP contribution in [0.2, 0.25) is 13.1 Å². The van der Waals surface area contributed by atoms with E-state index in [0.717, 1.165) is 11.3 Å². The first kappa shape index (κ1) is 29.2. The molecule has 0 aromatic carbocycles. The van der Waals surface area contributed by atoms with Gasteiger partial charge in [-0.05, 0) is 37.0 Å². The van der Waals surface area contributed by atoms with Gasteiger partial charge in [-0.2, -0.15) is 5.57 Å². The first-order chi connectivity index (χ1) is 11.7. The summed E-state index contributed by atoms with van der Waals surface area (Å²) in [6, 6.07) is 0. The minimum atomic E-state index is -1.46. The van der Waals surface area contributed by atoms with Gasteiger partial charge < -0.3 is 0 Å². The molecule has 0 radical (unpaired) electrons. The Labute approximate surface area is 200 Å². The maximum Gasteiger partial charge on any atom is 0.0710 e. The van der Waals surface area contributed by atoms with Gasteiger partial charge in [0.1, 0.15) is 0 Å². The summed E-state index contributed by atoms with van der Waals surface area (Å²) in [6.07, 6.45) is 19.2. The summed E-state index contributed by atoms with van der Waals surface area (Å²) >= 11 is 0. The first-order valence-electron chi connectivity index (χ1n) is 10.9. The van der Waals surface area contributed by atoms with Crippen molar-refractivity contribution in [3.8, 4) is 0 Å². The Morgan fingerprint density at radius 1 is 0.821 bits per heavy atom. The Kier molecular flexibility index (Phi) is 12.3. The Morgan fingerprint density at radius 2 is 1.21 bits per heavy atom. The van der Waals surface area contributed by atoms with Crippen LogP contribution in [0.5, 0.6) is 0 Å². The second-order valence-electron chi connectivity index (χ2n) is 9.92. The molecule has 0 saturated heterocycles. The van der Waals surface area contributed by atoms with Crippen LogP contribution in [0.4, 0.5) is 0 Å². The largest absolute Gasteiger partial charge is 0.267 e. The number of hydrogen-bond donors (Lipinski definition) is 0. The second kappa shape index (κ2) is 11.7. The van der Waals surface area contributed by atoms with Crippen molar-refractivity contribution in [1.82, 2.24) is 0 Å². The van der Waals surface area contributed by atoms with Gasteiger partial charge in [0, 0.05) is 17.4 Å². The molecule has 3 rings (SSSR count). The van der Waals surface area contributed by atoms with Crippen molar-refractivity contribution in [2.24, 2.45) is 5.41 Å². The smallest absolute Gasteiger partial charge is 0.0710 e. The van der Waals surface area contributed by atoms with Gasteiger partial charge in [-0.3, -0.25) is 6.08 Å². The summed E-state index contributed by atoms with van der Waals surface area (Å²) in [6.45, 7) is 15.0. The first-order valence-corrected chi connectivity index (χ1v) is 16.2. The van der Waals surface area contributed by atoms with Crippen molar-refractivity contribution < 1.29 is 17.4 Å². The van der Waals surface area contributed by atoms with E-state index in [1.165, 1.54) is 64.2 Å². The summed E-state index contributed by atoms with van der Waals surface area (Å²) in [5.41, 5.74) is 5.52. The molecule has 0 N–H and O–H groups in total. The Morgan fingerprint density at radius 3 is 1.54 bits per heavy atom. The van der Waals surface area contributed by atoms with Gasteiger partial charge >= 0.3 is 0 Å². The fourth-order valence-electron chi connectivity index (χ4n) is 5.83. The Hall–Kier alpha value is 1.24. The normalized spacial score (nSPS) is 23.6. The van der Waals surface area contributed by atoms with Crippen molar-refractivity contribution in [3.05, 3.63) is 22.4 Å². The van der Waals surface area contributed by atoms with Gasteiger partial charge in [-0.1, -0.05) is 77.8 Å². The average molecular weight is 501 g/mol. The fraction of sp³-hybridized carbons (Fsp3) is 0.826. The maximum atomic E-state index is 4.05. The molecule has 0 aliphatic heterocycles. The minimum Gasteiger partial charge on any atom is -0.267 e. The van der Waals surface area contributed by atoms with Crippen molar-refractivity contribution >= 4 is 40.0 Å². The Balaban J connectivity index is 0.00000243. The molecule has 5 heteroatoms. The zero-order valence-corrected chi connectivity index (χ0v) is 23.7. The van der Waals surface area contributed by atoms with Crippen LogP contribution in [-0.4, -0.2) is 19.1 Å². The van der Waals surface area contributed by atoms with Gasteiger partial charge in [0.15, 0.2) is 0 Å². The van der Waals surface area contributed by atoms with Gasteiger partial charge in [0.25, 0.3) is 0 Å². The summed E-state index contributed by atoms with van der Waals surface area (Å²) in [5.74, 6) is 0. The standard InChI is InChI=1S/C23H40PSi.2ClH.Cr/c1-18-19(2)23(3,4)17-22(18)25(5,6)24(20-13-9-7-10-14-20)21-15-11-8-12-16-21;;;/h20-21H,7-16H2,1-6H3;2*1H;/q-1;;;. The topological polar surface area (TPSA) is 0 Å². The molecule has 0 heterocycles. The van der Waals surface area contributed by atoms with Crippen molar-refractivity contribution in [1.29, 1.82) is 0 Å². The maximum absolute atomic E-state index is 4.05. The third-order valence-electron chi connectivity index (χ3n) is 7.51. The summed E-state index contributed by atoms with van der Waals surface area (Å²) in [4.78, 5) is 0. The van der Waals surface area contributed by atoms with E-state index in [-0.39, 0.29) is 55.1 Å². The molecule has 28 heavy (non-hydrogen) atoms. The molecule has 0 bridgehead atoms. The van der Waals surface area contributed by atoms with E-state index >= 15 is 0 Å². The molecule has 0 aromatic rings. The SMILES string of the molecule is CC1=C(C)C(C)(C)[C-]=C1[Si](C)(C)P(C1CCCCC1)C1CCCCC1.Cl.Cl.[Cr]. The van der Waals surface area contributed by atoms with Crippen molar-refractivity contribution in [3.63, 3.8) is 0 Å². The molecule has 0 unspecified atom stereocenters. The molecular weight excluding hydrogens is 458 g/mol. The van der Waals surface area contributed by atoms with Crippen LogP contribution >= 0.6 is 32.3 Å². The number of halogens is 2. The molecular formula is C23H42Cl2CrPSi-. The van der Waals surface area contributed by atoms with E-state index in [1.54, 1.807) is 16.3 Å². The molecule has 0 aromatic heterocycles. The summed E-state index contributed by atoms with van der Waals surface area (Å²) in [5, 5.41) is 1.73. The van der Waals surface area contributed by atoms with Crippen LogP contribution in [0.3, 0.4) is 0 Å². The number of allylic oxidation sites excluding steroid dienone is 4. The van der Waals surface area contributed by atoms with E-state index in [0.29, 0.717) is 0 Å². The summed E-state index contributed by atoms with van der Waals surface area (Å²) in [7, 11) is -1.29. The van der Waals surface area contributed by atoms with Crippen molar-refractivity contribution in [2.45, 2.75) is 116 Å². The van der Waals surface area contributed by atoms with E-state index < -0.39 is 7.74 Å². The van der Waals surface area contributed by atoms with Crippen LogP contribution < -0.4 is 0 Å². The van der Waals surface area contributed by atoms with Crippen LogP contribution in [0.15, 0.2) is 16.3 Å². The van der Waals surface area contributed by atoms with Crippen LogP contribution in [0, 0.1) is 11.5 Å². The molecule has 3 aliphatic rings. The molecule has 164 valence electrons. The van der Waals surface area contributed by atoms with E-state index in [1.807, 2.05) is 0 Å². The Bertz CT molecular complexity index is 541. The predicted octanol–water partition coefficient (Wildman–Crippen LogP) is 8.82. The van der Waals surface area contributed by atoms with Crippen molar-refractivity contribution in [2.75, 3.05) is 0 Å². The van der Waals surface area contributed by atoms with Crippen LogP contribution in [-0.2, 0) is 17.4 Å². The zero-order chi connectivity index (χ0) is 18.2. The van der Waals surface area contributed by atoms with E-state index in [4.69, 9.17) is 0 Å². The quantitative estimate of drug-likeness (QED) is 0.206. The molecule has 0 spiro atoms. The van der Waals surface area contributed by atoms with E-state index in [9.17, 15) is 0 Å². The monoisotopic (exact) mass is 499 g/mol.